The Labute approximate surface area is 131 Å². The van der Waals surface area contributed by atoms with Crippen LogP contribution in [0.3, 0.4) is 0 Å². The molecule has 1 fully saturated rings. The first-order valence-corrected chi connectivity index (χ1v) is 9.09. The summed E-state index contributed by atoms with van der Waals surface area (Å²) in [7, 11) is -3.43. The van der Waals surface area contributed by atoms with Crippen LogP contribution >= 0.6 is 0 Å². The number of aromatic nitrogens is 2. The molecule has 2 N–H and O–H groups in total. The van der Waals surface area contributed by atoms with Crippen molar-refractivity contribution in [2.45, 2.75) is 52.2 Å². The van der Waals surface area contributed by atoms with Gasteiger partial charge in [0.2, 0.25) is 15.9 Å². The van der Waals surface area contributed by atoms with E-state index in [-0.39, 0.29) is 29.2 Å². The minimum Gasteiger partial charge on any atom is -0.351 e. The molecule has 7 nitrogen and oxygen atoms in total. The fourth-order valence-electron chi connectivity index (χ4n) is 2.68. The molecule has 1 aromatic rings. The average molecular weight is 328 g/mol. The Hall–Kier alpha value is -1.41. The molecule has 0 spiro atoms. The second-order valence-corrected chi connectivity index (χ2v) is 8.64. The molecule has 8 heteroatoms. The van der Waals surface area contributed by atoms with Gasteiger partial charge in [0.05, 0.1) is 12.3 Å². The Balaban J connectivity index is 2.01. The normalized spacial score (nSPS) is 23.3. The van der Waals surface area contributed by atoms with Crippen LogP contribution in [0, 0.1) is 5.41 Å². The van der Waals surface area contributed by atoms with E-state index in [1.54, 1.807) is 23.1 Å². The van der Waals surface area contributed by atoms with E-state index in [1.165, 1.54) is 0 Å². The maximum absolute atomic E-state index is 12.3. The standard InChI is InChI=1S/C14H24N4O3S/c1-14(2,3)13-11(5-6-12(19)16-13)17-22(20,21)10-9-18-8-4-7-15-18/h4,7-8,11,13,17H,5-6,9-10H2,1-3H3,(H,16,19)/t11-,13-/m1/s1. The summed E-state index contributed by atoms with van der Waals surface area (Å²) in [5, 5.41) is 6.91. The summed E-state index contributed by atoms with van der Waals surface area (Å²) in [4.78, 5) is 11.6. The first-order valence-electron chi connectivity index (χ1n) is 7.44. The lowest BCUT2D eigenvalue weighted by atomic mass is 9.79. The van der Waals surface area contributed by atoms with Gasteiger partial charge in [0.25, 0.3) is 0 Å². The van der Waals surface area contributed by atoms with Crippen molar-refractivity contribution in [2.75, 3.05) is 5.75 Å². The quantitative estimate of drug-likeness (QED) is 0.823. The molecule has 0 aromatic carbocycles. The second-order valence-electron chi connectivity index (χ2n) is 6.76. The second kappa shape index (κ2) is 6.37. The van der Waals surface area contributed by atoms with Crippen molar-refractivity contribution in [1.82, 2.24) is 19.8 Å². The number of carbonyl (C=O) groups excluding carboxylic acids is 1. The van der Waals surface area contributed by atoms with Gasteiger partial charge in [-0.15, -0.1) is 0 Å². The van der Waals surface area contributed by atoms with Crippen LogP contribution < -0.4 is 10.0 Å². The van der Waals surface area contributed by atoms with Crippen molar-refractivity contribution in [3.63, 3.8) is 0 Å². The molecular weight excluding hydrogens is 304 g/mol. The minimum atomic E-state index is -3.43. The molecule has 2 rings (SSSR count). The molecule has 0 aliphatic carbocycles. The highest BCUT2D eigenvalue weighted by atomic mass is 32.2. The molecule has 0 saturated carbocycles. The molecule has 124 valence electrons. The van der Waals surface area contributed by atoms with Crippen molar-refractivity contribution in [2.24, 2.45) is 5.41 Å². The summed E-state index contributed by atoms with van der Waals surface area (Å²) < 4.78 is 28.9. The van der Waals surface area contributed by atoms with Gasteiger partial charge in [0.1, 0.15) is 0 Å². The Morgan fingerprint density at radius 3 is 2.77 bits per heavy atom. The maximum atomic E-state index is 12.3. The van der Waals surface area contributed by atoms with Gasteiger partial charge < -0.3 is 5.32 Å². The van der Waals surface area contributed by atoms with Crippen LogP contribution in [0.5, 0.6) is 0 Å². The summed E-state index contributed by atoms with van der Waals surface area (Å²) in [6.07, 6.45) is 4.22. The zero-order valence-corrected chi connectivity index (χ0v) is 14.1. The van der Waals surface area contributed by atoms with Crippen LogP contribution in [0.4, 0.5) is 0 Å². The summed E-state index contributed by atoms with van der Waals surface area (Å²) >= 11 is 0. The molecule has 22 heavy (non-hydrogen) atoms. The van der Waals surface area contributed by atoms with Crippen LogP contribution in [0.15, 0.2) is 18.5 Å². The highest BCUT2D eigenvalue weighted by Gasteiger charge is 2.38. The number of rotatable bonds is 5. The number of sulfonamides is 1. The Bertz CT molecular complexity index is 605. The van der Waals surface area contributed by atoms with Crippen LogP contribution in [-0.2, 0) is 21.4 Å². The molecule has 1 aromatic heterocycles. The molecule has 0 bridgehead atoms. The molecule has 1 aliphatic rings. The lowest BCUT2D eigenvalue weighted by Gasteiger charge is -2.40. The van der Waals surface area contributed by atoms with E-state index >= 15 is 0 Å². The number of piperidine rings is 1. The van der Waals surface area contributed by atoms with E-state index in [9.17, 15) is 13.2 Å². The monoisotopic (exact) mass is 328 g/mol. The van der Waals surface area contributed by atoms with Crippen molar-refractivity contribution >= 4 is 15.9 Å². The zero-order chi connectivity index (χ0) is 16.4. The molecule has 2 atom stereocenters. The lowest BCUT2D eigenvalue weighted by Crippen LogP contribution is -2.60. The van der Waals surface area contributed by atoms with E-state index in [0.29, 0.717) is 19.4 Å². The van der Waals surface area contributed by atoms with Gasteiger partial charge in [0.15, 0.2) is 0 Å². The predicted molar refractivity (Wildman–Crippen MR) is 83.6 cm³/mol. The molecule has 1 amide bonds. The summed E-state index contributed by atoms with van der Waals surface area (Å²) in [6.45, 7) is 6.29. The average Bonchev–Trinajstić information content (AvgIpc) is 2.90. The molecule has 1 aliphatic heterocycles. The molecule has 0 unspecified atom stereocenters. The van der Waals surface area contributed by atoms with Gasteiger partial charge in [-0.3, -0.25) is 9.48 Å². The number of carbonyl (C=O) groups is 1. The molecule has 1 saturated heterocycles. The third-order valence-corrected chi connectivity index (χ3v) is 5.20. The SMILES string of the molecule is CC(C)(C)[C@@H]1NC(=O)CC[C@H]1NS(=O)(=O)CCn1cccn1. The fourth-order valence-corrected chi connectivity index (χ4v) is 3.94. The van der Waals surface area contributed by atoms with Crippen molar-refractivity contribution in [3.8, 4) is 0 Å². The number of nitrogens with zero attached hydrogens (tertiary/aromatic N) is 2. The highest BCUT2D eigenvalue weighted by molar-refractivity contribution is 7.89. The smallest absolute Gasteiger partial charge is 0.220 e. The van der Waals surface area contributed by atoms with E-state index in [0.717, 1.165) is 0 Å². The van der Waals surface area contributed by atoms with Gasteiger partial charge in [-0.2, -0.15) is 5.10 Å². The number of nitrogens with one attached hydrogen (secondary N) is 2. The third kappa shape index (κ3) is 4.54. The molecule has 0 radical (unpaired) electrons. The zero-order valence-electron chi connectivity index (χ0n) is 13.2. The van der Waals surface area contributed by atoms with E-state index in [4.69, 9.17) is 0 Å². The fraction of sp³-hybridized carbons (Fsp3) is 0.714. The van der Waals surface area contributed by atoms with Crippen molar-refractivity contribution in [1.29, 1.82) is 0 Å². The van der Waals surface area contributed by atoms with Crippen LogP contribution in [0.25, 0.3) is 0 Å². The summed E-state index contributed by atoms with van der Waals surface area (Å²) in [5.41, 5.74) is -0.217. The minimum absolute atomic E-state index is 0.0214. The maximum Gasteiger partial charge on any atom is 0.220 e. The summed E-state index contributed by atoms with van der Waals surface area (Å²) in [6, 6.07) is 1.26. The van der Waals surface area contributed by atoms with Gasteiger partial charge in [0, 0.05) is 30.9 Å². The van der Waals surface area contributed by atoms with Gasteiger partial charge in [-0.05, 0) is 17.9 Å². The lowest BCUT2D eigenvalue weighted by molar-refractivity contribution is -0.124. The van der Waals surface area contributed by atoms with Crippen molar-refractivity contribution < 1.29 is 13.2 Å². The number of hydrogen-bond acceptors (Lipinski definition) is 4. The Kier molecular flexibility index (Phi) is 4.91. The first kappa shape index (κ1) is 17.0. The Morgan fingerprint density at radius 1 is 1.45 bits per heavy atom. The third-order valence-electron chi connectivity index (χ3n) is 3.81. The highest BCUT2D eigenvalue weighted by Crippen LogP contribution is 2.27. The van der Waals surface area contributed by atoms with Crippen LogP contribution in [0.2, 0.25) is 0 Å². The van der Waals surface area contributed by atoms with Crippen LogP contribution in [-0.4, -0.2) is 41.9 Å². The van der Waals surface area contributed by atoms with Gasteiger partial charge >= 0.3 is 0 Å². The first-order chi connectivity index (χ1) is 10.2. The van der Waals surface area contributed by atoms with E-state index in [2.05, 4.69) is 15.1 Å². The topological polar surface area (TPSA) is 93.1 Å². The van der Waals surface area contributed by atoms with Gasteiger partial charge in [-0.25, -0.2) is 13.1 Å². The van der Waals surface area contributed by atoms with Crippen molar-refractivity contribution in [3.05, 3.63) is 18.5 Å². The molecular formula is C14H24N4O3S. The number of hydrogen-bond donors (Lipinski definition) is 2. The van der Waals surface area contributed by atoms with E-state index < -0.39 is 10.0 Å². The largest absolute Gasteiger partial charge is 0.351 e. The van der Waals surface area contributed by atoms with E-state index in [1.807, 2.05) is 20.8 Å². The Morgan fingerprint density at radius 2 is 2.18 bits per heavy atom. The van der Waals surface area contributed by atoms with Crippen LogP contribution in [0.1, 0.15) is 33.6 Å². The summed E-state index contributed by atoms with van der Waals surface area (Å²) in [5.74, 6) is -0.0531. The molecule has 2 heterocycles. The number of aryl methyl sites for hydroxylation is 1. The van der Waals surface area contributed by atoms with Gasteiger partial charge in [-0.1, -0.05) is 20.8 Å². The predicted octanol–water partition coefficient (Wildman–Crippen LogP) is 0.496. The number of amides is 1.